The van der Waals surface area contributed by atoms with Gasteiger partial charge in [-0.2, -0.15) is 0 Å². The Morgan fingerprint density at radius 1 is 0.406 bits per heavy atom. The van der Waals surface area contributed by atoms with Crippen LogP contribution in [0.1, 0.15) is 0 Å². The molecule has 0 unspecified atom stereocenters. The molecule has 0 fully saturated rings. The minimum atomic E-state index is 0.889. The molecule has 0 saturated heterocycles. The van der Waals surface area contributed by atoms with E-state index in [1.165, 1.54) is 43.4 Å². The van der Waals surface area contributed by atoms with E-state index in [9.17, 15) is 0 Å². The molecule has 0 atom stereocenters. The molecule has 0 aliphatic carbocycles. The van der Waals surface area contributed by atoms with E-state index in [4.69, 9.17) is 4.74 Å². The first kappa shape index (κ1) is 18.7. The van der Waals surface area contributed by atoms with Crippen LogP contribution < -0.4 is 4.74 Å². The first-order chi connectivity index (χ1) is 15.8. The molecule has 0 saturated carbocycles. The third-order valence-corrected chi connectivity index (χ3v) is 6.36. The van der Waals surface area contributed by atoms with E-state index in [0.717, 1.165) is 16.9 Å². The zero-order valence-electron chi connectivity index (χ0n) is 17.9. The van der Waals surface area contributed by atoms with Gasteiger partial charge in [0.05, 0.1) is 7.11 Å². The van der Waals surface area contributed by atoms with Crippen LogP contribution in [0.2, 0.25) is 0 Å². The normalized spacial score (nSPS) is 11.3. The Labute approximate surface area is 187 Å². The average molecular weight is 411 g/mol. The minimum absolute atomic E-state index is 0.889. The molecule has 1 nitrogen and oxygen atoms in total. The average Bonchev–Trinajstić information content (AvgIpc) is 2.88. The van der Waals surface area contributed by atoms with Crippen molar-refractivity contribution in [2.45, 2.75) is 0 Å². The number of fused-ring (bicyclic) bond motifs is 6. The van der Waals surface area contributed by atoms with E-state index >= 15 is 0 Å². The zero-order chi connectivity index (χ0) is 21.5. The van der Waals surface area contributed by atoms with E-state index < -0.39 is 0 Å². The Morgan fingerprint density at radius 3 is 1.62 bits per heavy atom. The van der Waals surface area contributed by atoms with E-state index in [-0.39, 0.29) is 0 Å². The molecule has 0 aromatic heterocycles. The third kappa shape index (κ3) is 2.94. The number of para-hydroxylation sites is 1. The van der Waals surface area contributed by atoms with Crippen LogP contribution in [0.15, 0.2) is 115 Å². The van der Waals surface area contributed by atoms with Gasteiger partial charge in [-0.1, -0.05) is 97.1 Å². The highest BCUT2D eigenvalue weighted by Gasteiger charge is 2.11. The van der Waals surface area contributed by atoms with Crippen LogP contribution in [0.5, 0.6) is 5.75 Å². The number of hydrogen-bond donors (Lipinski definition) is 0. The van der Waals surface area contributed by atoms with Crippen molar-refractivity contribution in [3.05, 3.63) is 115 Å². The Bertz CT molecular complexity index is 1580. The van der Waals surface area contributed by atoms with Crippen LogP contribution in [0, 0.1) is 0 Å². The highest BCUT2D eigenvalue weighted by molar-refractivity contribution is 6.25. The zero-order valence-corrected chi connectivity index (χ0v) is 17.9. The van der Waals surface area contributed by atoms with Gasteiger partial charge in [0, 0.05) is 5.56 Å². The molecule has 32 heavy (non-hydrogen) atoms. The molecule has 0 aliphatic heterocycles. The summed E-state index contributed by atoms with van der Waals surface area (Å²) in [5.74, 6) is 0.889. The summed E-state index contributed by atoms with van der Waals surface area (Å²) in [4.78, 5) is 0. The molecule has 1 heteroatoms. The number of hydrogen-bond acceptors (Lipinski definition) is 1. The second kappa shape index (κ2) is 7.55. The van der Waals surface area contributed by atoms with E-state index in [1.807, 2.05) is 12.1 Å². The fourth-order valence-electron chi connectivity index (χ4n) is 4.84. The summed E-state index contributed by atoms with van der Waals surface area (Å²) in [7, 11) is 1.72. The maximum Gasteiger partial charge on any atom is 0.126 e. The van der Waals surface area contributed by atoms with Gasteiger partial charge >= 0.3 is 0 Å². The van der Waals surface area contributed by atoms with Crippen molar-refractivity contribution in [3.63, 3.8) is 0 Å². The Morgan fingerprint density at radius 2 is 0.938 bits per heavy atom. The molecule has 0 spiro atoms. The second-order valence-electron chi connectivity index (χ2n) is 8.13. The molecule has 0 heterocycles. The van der Waals surface area contributed by atoms with Gasteiger partial charge in [-0.25, -0.2) is 0 Å². The van der Waals surface area contributed by atoms with Crippen LogP contribution >= 0.6 is 0 Å². The summed E-state index contributed by atoms with van der Waals surface area (Å²) in [5, 5.41) is 7.79. The first-order valence-corrected chi connectivity index (χ1v) is 10.9. The van der Waals surface area contributed by atoms with Crippen LogP contribution in [0.3, 0.4) is 0 Å². The van der Waals surface area contributed by atoms with E-state index in [0.29, 0.717) is 0 Å². The molecule has 152 valence electrons. The summed E-state index contributed by atoms with van der Waals surface area (Å²) in [6, 6.07) is 41.2. The van der Waals surface area contributed by atoms with Gasteiger partial charge < -0.3 is 4.74 Å². The van der Waals surface area contributed by atoms with Crippen molar-refractivity contribution in [1.29, 1.82) is 0 Å². The molecular formula is C31H22O. The van der Waals surface area contributed by atoms with Gasteiger partial charge in [-0.3, -0.25) is 0 Å². The minimum Gasteiger partial charge on any atom is -0.496 e. The molecule has 0 bridgehead atoms. The fourth-order valence-corrected chi connectivity index (χ4v) is 4.84. The lowest BCUT2D eigenvalue weighted by Gasteiger charge is -2.13. The summed E-state index contributed by atoms with van der Waals surface area (Å²) in [5.41, 5.74) is 4.68. The van der Waals surface area contributed by atoms with Gasteiger partial charge in [-0.05, 0) is 67.2 Å². The molecular weight excluding hydrogens is 388 g/mol. The largest absolute Gasteiger partial charge is 0.496 e. The monoisotopic (exact) mass is 410 g/mol. The Balaban J connectivity index is 1.59. The molecule has 0 radical (unpaired) electrons. The smallest absolute Gasteiger partial charge is 0.126 e. The summed E-state index contributed by atoms with van der Waals surface area (Å²) < 4.78 is 5.59. The van der Waals surface area contributed by atoms with Gasteiger partial charge in [0.15, 0.2) is 0 Å². The van der Waals surface area contributed by atoms with Crippen LogP contribution in [-0.2, 0) is 0 Å². The molecule has 6 aromatic carbocycles. The predicted molar refractivity (Wildman–Crippen MR) is 136 cm³/mol. The molecule has 6 rings (SSSR count). The molecule has 0 amide bonds. The lowest BCUT2D eigenvalue weighted by atomic mass is 9.91. The van der Waals surface area contributed by atoms with Gasteiger partial charge in [0.2, 0.25) is 0 Å². The second-order valence-corrected chi connectivity index (χ2v) is 8.13. The number of methoxy groups -OCH3 is 1. The van der Waals surface area contributed by atoms with Crippen molar-refractivity contribution in [2.24, 2.45) is 0 Å². The van der Waals surface area contributed by atoms with Crippen molar-refractivity contribution in [1.82, 2.24) is 0 Å². The fraction of sp³-hybridized carbons (Fsp3) is 0.0323. The Kier molecular flexibility index (Phi) is 4.40. The summed E-state index contributed by atoms with van der Waals surface area (Å²) in [6.07, 6.45) is 0. The maximum atomic E-state index is 5.59. The quantitative estimate of drug-likeness (QED) is 0.266. The number of ether oxygens (including phenoxy) is 1. The van der Waals surface area contributed by atoms with Crippen molar-refractivity contribution < 1.29 is 4.74 Å². The highest BCUT2D eigenvalue weighted by Crippen LogP contribution is 2.38. The van der Waals surface area contributed by atoms with Crippen LogP contribution in [-0.4, -0.2) is 7.11 Å². The van der Waals surface area contributed by atoms with Crippen molar-refractivity contribution in [3.8, 4) is 28.0 Å². The third-order valence-electron chi connectivity index (χ3n) is 6.36. The molecule has 6 aromatic rings. The number of rotatable bonds is 3. The SMILES string of the molecule is COc1ccccc1-c1cccc(-c2ccc3c4ccccc4c4ccccc4c3c2)c1. The lowest BCUT2D eigenvalue weighted by molar-refractivity contribution is 0.416. The van der Waals surface area contributed by atoms with Crippen LogP contribution in [0.25, 0.3) is 54.6 Å². The van der Waals surface area contributed by atoms with E-state index in [2.05, 4.69) is 103 Å². The molecule has 0 N–H and O–H groups in total. The van der Waals surface area contributed by atoms with Crippen molar-refractivity contribution >= 4 is 32.3 Å². The van der Waals surface area contributed by atoms with Gasteiger partial charge in [0.25, 0.3) is 0 Å². The van der Waals surface area contributed by atoms with E-state index in [1.54, 1.807) is 7.11 Å². The van der Waals surface area contributed by atoms with Crippen LogP contribution in [0.4, 0.5) is 0 Å². The highest BCUT2D eigenvalue weighted by atomic mass is 16.5. The van der Waals surface area contributed by atoms with Gasteiger partial charge in [0.1, 0.15) is 5.75 Å². The first-order valence-electron chi connectivity index (χ1n) is 10.9. The standard InChI is InChI=1S/C31H22O/c1-32-31-16-7-6-11-24(31)23-10-8-9-21(19-23)22-17-18-29-27-14-3-2-12-25(27)26-13-4-5-15-28(26)30(29)20-22/h2-20H,1H3. The lowest BCUT2D eigenvalue weighted by Crippen LogP contribution is -1.88. The predicted octanol–water partition coefficient (Wildman–Crippen LogP) is 8.49. The topological polar surface area (TPSA) is 9.23 Å². The summed E-state index contributed by atoms with van der Waals surface area (Å²) in [6.45, 7) is 0. The van der Waals surface area contributed by atoms with Gasteiger partial charge in [-0.15, -0.1) is 0 Å². The molecule has 0 aliphatic rings. The maximum absolute atomic E-state index is 5.59. The number of benzene rings is 6. The summed E-state index contributed by atoms with van der Waals surface area (Å²) >= 11 is 0. The van der Waals surface area contributed by atoms with Crippen molar-refractivity contribution in [2.75, 3.05) is 7.11 Å². The Hall–Kier alpha value is -4.10.